The molecule has 2 rings (SSSR count). The summed E-state index contributed by atoms with van der Waals surface area (Å²) in [4.78, 5) is 0. The van der Waals surface area contributed by atoms with Crippen LogP contribution in [0.4, 0.5) is 0 Å². The maximum Gasteiger partial charge on any atom is 0.105 e. The molecule has 1 nitrogen and oxygen atoms in total. The molecule has 0 unspecified atom stereocenters. The second-order valence-electron chi connectivity index (χ2n) is 1.85. The Hall–Kier alpha value is -1.24. The van der Waals surface area contributed by atoms with Gasteiger partial charge in [-0.25, -0.2) is 0 Å². The maximum absolute atomic E-state index is 7.30. The third-order valence-corrected chi connectivity index (χ3v) is 1.25. The summed E-state index contributed by atoms with van der Waals surface area (Å²) in [5, 5.41) is 1.41. The minimum Gasteiger partial charge on any atom is -0.471 e. The van der Waals surface area contributed by atoms with Gasteiger partial charge in [-0.05, 0) is 0 Å². The second kappa shape index (κ2) is 1.62. The van der Waals surface area contributed by atoms with E-state index in [4.69, 9.17) is 7.16 Å². The van der Waals surface area contributed by atoms with Crippen molar-refractivity contribution in [1.82, 2.24) is 0 Å². The van der Waals surface area contributed by atoms with Gasteiger partial charge < -0.3 is 4.42 Å². The van der Waals surface area contributed by atoms with Crippen LogP contribution in [0, 0.1) is 0 Å². The topological polar surface area (TPSA) is 13.1 Å². The fourth-order valence-electron chi connectivity index (χ4n) is 0.797. The average Bonchev–Trinajstić information content (AvgIpc) is 2.30. The summed E-state index contributed by atoms with van der Waals surface area (Å²) in [5.41, 5.74) is 0. The first-order valence-electron chi connectivity index (χ1n) is 3.74. The maximum atomic E-state index is 7.30. The van der Waals surface area contributed by atoms with E-state index >= 15 is 0 Å². The molecule has 0 radical (unpaired) electrons. The third-order valence-electron chi connectivity index (χ3n) is 1.25. The number of hydrogen-bond acceptors (Lipinski definition) is 1. The number of fused-ring (bicyclic) bond motifs is 1. The summed E-state index contributed by atoms with van der Waals surface area (Å²) in [7, 11) is 0. The van der Waals surface area contributed by atoms with Crippen LogP contribution in [0.3, 0.4) is 0 Å². The van der Waals surface area contributed by atoms with Crippen LogP contribution in [0.25, 0.3) is 10.8 Å². The Bertz CT molecular complexity index is 356. The van der Waals surface area contributed by atoms with Crippen molar-refractivity contribution >= 4 is 10.8 Å². The van der Waals surface area contributed by atoms with Crippen molar-refractivity contribution in [1.29, 1.82) is 0 Å². The molecule has 1 heteroatoms. The zero-order valence-electron chi connectivity index (χ0n) is 6.72. The Morgan fingerprint density at radius 3 is 2.22 bits per heavy atom. The van der Waals surface area contributed by atoms with E-state index in [1.807, 2.05) is 12.1 Å². The molecule has 0 N–H and O–H groups in total. The number of rotatable bonds is 0. The fraction of sp³-hybridized carbons (Fsp3) is 0. The van der Waals surface area contributed by atoms with Crippen molar-refractivity contribution in [3.63, 3.8) is 0 Å². The summed E-state index contributed by atoms with van der Waals surface area (Å²) in [6.45, 7) is 0. The molecule has 0 aliphatic rings. The first kappa shape index (κ1) is 3.06. The lowest BCUT2D eigenvalue weighted by Crippen LogP contribution is -1.57. The molecule has 0 saturated heterocycles. The molecule has 44 valence electrons. The van der Waals surface area contributed by atoms with Crippen LogP contribution in [0.2, 0.25) is 0 Å². The Kier molecular flexibility index (Phi) is 0.552. The highest BCUT2D eigenvalue weighted by molar-refractivity contribution is 5.80. The minimum absolute atomic E-state index is 0.0746. The molecular formula is C8H6O. The largest absolute Gasteiger partial charge is 0.471 e. The summed E-state index contributed by atoms with van der Waals surface area (Å²) in [6, 6.07) is 7.21. The number of furan rings is 1. The first-order chi connectivity index (χ1) is 5.29. The summed E-state index contributed by atoms with van der Waals surface area (Å²) >= 11 is 0. The highest BCUT2D eigenvalue weighted by atomic mass is 16.3. The number of benzene rings is 1. The summed E-state index contributed by atoms with van der Waals surface area (Å²) in [6.07, 6.45) is 0.149. The predicted octanol–water partition coefficient (Wildman–Crippen LogP) is 2.43. The standard InChI is InChI=1S/C8H6O/c1-2-4-8-6-9-5-7(8)3-1/h1-6H/i5D,6D. The van der Waals surface area contributed by atoms with E-state index < -0.39 is 0 Å². The van der Waals surface area contributed by atoms with E-state index in [2.05, 4.69) is 0 Å². The smallest absolute Gasteiger partial charge is 0.105 e. The van der Waals surface area contributed by atoms with Crippen LogP contribution in [0.15, 0.2) is 41.2 Å². The quantitative estimate of drug-likeness (QED) is 0.520. The highest BCUT2D eigenvalue weighted by Crippen LogP contribution is 2.12. The average molecular weight is 120 g/mol. The Morgan fingerprint density at radius 1 is 1.11 bits per heavy atom. The lowest BCUT2D eigenvalue weighted by molar-refractivity contribution is 0.572. The van der Waals surface area contributed by atoms with Gasteiger partial charge in [-0.1, -0.05) is 24.3 Å². The monoisotopic (exact) mass is 120 g/mol. The van der Waals surface area contributed by atoms with Gasteiger partial charge in [0.25, 0.3) is 0 Å². The van der Waals surface area contributed by atoms with Crippen LogP contribution in [0.1, 0.15) is 2.74 Å². The van der Waals surface area contributed by atoms with Crippen molar-refractivity contribution in [3.8, 4) is 0 Å². The molecule has 0 aliphatic heterocycles. The second-order valence-corrected chi connectivity index (χ2v) is 1.85. The summed E-state index contributed by atoms with van der Waals surface area (Å²) in [5.74, 6) is 0. The van der Waals surface area contributed by atoms with Crippen molar-refractivity contribution in [2.24, 2.45) is 0 Å². The lowest BCUT2D eigenvalue weighted by Gasteiger charge is -1.80. The van der Waals surface area contributed by atoms with Crippen molar-refractivity contribution < 1.29 is 7.16 Å². The highest BCUT2D eigenvalue weighted by Gasteiger charge is 1.89. The zero-order valence-corrected chi connectivity index (χ0v) is 4.72. The van der Waals surface area contributed by atoms with Crippen LogP contribution >= 0.6 is 0 Å². The Labute approximate surface area is 55.7 Å². The van der Waals surface area contributed by atoms with Gasteiger partial charge in [0, 0.05) is 10.8 Å². The van der Waals surface area contributed by atoms with Gasteiger partial charge in [-0.2, -0.15) is 0 Å². The molecule has 9 heavy (non-hydrogen) atoms. The minimum atomic E-state index is 0.0746. The van der Waals surface area contributed by atoms with Gasteiger partial charge in [0.05, 0.1) is 12.5 Å². The van der Waals surface area contributed by atoms with E-state index in [0.29, 0.717) is 10.8 Å². The Balaban J connectivity index is 2.95. The van der Waals surface area contributed by atoms with Gasteiger partial charge >= 0.3 is 0 Å². The summed E-state index contributed by atoms with van der Waals surface area (Å²) < 4.78 is 19.4. The van der Waals surface area contributed by atoms with Gasteiger partial charge in [-0.15, -0.1) is 0 Å². The van der Waals surface area contributed by atoms with Crippen LogP contribution < -0.4 is 0 Å². The first-order valence-corrected chi connectivity index (χ1v) is 2.74. The van der Waals surface area contributed by atoms with Crippen molar-refractivity contribution in [2.45, 2.75) is 0 Å². The van der Waals surface area contributed by atoms with E-state index in [-0.39, 0.29) is 12.5 Å². The van der Waals surface area contributed by atoms with E-state index in [1.54, 1.807) is 12.1 Å². The molecule has 1 aromatic heterocycles. The van der Waals surface area contributed by atoms with Crippen molar-refractivity contribution in [3.05, 3.63) is 36.7 Å². The molecule has 0 spiro atoms. The van der Waals surface area contributed by atoms with E-state index in [1.165, 1.54) is 0 Å². The predicted molar refractivity (Wildman–Crippen MR) is 36.2 cm³/mol. The van der Waals surface area contributed by atoms with Gasteiger partial charge in [0.1, 0.15) is 2.74 Å². The van der Waals surface area contributed by atoms with Crippen LogP contribution in [-0.4, -0.2) is 0 Å². The SMILES string of the molecule is [2H]c1oc([2H])c2ccccc12. The molecule has 0 aliphatic carbocycles. The molecule has 1 heterocycles. The zero-order chi connectivity index (χ0) is 7.84. The van der Waals surface area contributed by atoms with Gasteiger partial charge in [0.15, 0.2) is 0 Å². The molecule has 0 amide bonds. The molecule has 0 bridgehead atoms. The normalized spacial score (nSPS) is 13.3. The van der Waals surface area contributed by atoms with Crippen molar-refractivity contribution in [2.75, 3.05) is 0 Å². The molecule has 0 atom stereocenters. The van der Waals surface area contributed by atoms with E-state index in [9.17, 15) is 0 Å². The van der Waals surface area contributed by atoms with Crippen LogP contribution in [0.5, 0.6) is 0 Å². The van der Waals surface area contributed by atoms with Gasteiger partial charge in [0.2, 0.25) is 0 Å². The molecule has 0 fully saturated rings. The molecule has 2 aromatic rings. The molecular weight excluding hydrogens is 112 g/mol. The number of hydrogen-bond donors (Lipinski definition) is 0. The van der Waals surface area contributed by atoms with E-state index in [0.717, 1.165) is 0 Å². The molecule has 0 saturated carbocycles. The Morgan fingerprint density at radius 2 is 1.67 bits per heavy atom. The fourth-order valence-corrected chi connectivity index (χ4v) is 0.797. The van der Waals surface area contributed by atoms with Gasteiger partial charge in [-0.3, -0.25) is 0 Å². The molecule has 1 aromatic carbocycles. The third kappa shape index (κ3) is 0.617. The lowest BCUT2D eigenvalue weighted by atomic mass is 10.2. The van der Waals surface area contributed by atoms with Crippen LogP contribution in [-0.2, 0) is 0 Å².